The van der Waals surface area contributed by atoms with E-state index < -0.39 is 9.84 Å². The van der Waals surface area contributed by atoms with Gasteiger partial charge in [-0.3, -0.25) is 0 Å². The number of piperazine rings is 1. The van der Waals surface area contributed by atoms with E-state index in [9.17, 15) is 8.42 Å². The standard InChI is InChI=1S/C19H20ClN3O4S/c1-2-22-9-11-23(12-10-22)19-18(21-17(27-19)16-4-3-13-26-16)28(24,25)15-7-5-14(20)6-8-15/h3-8,13H,2,9-12H2,1H3. The van der Waals surface area contributed by atoms with E-state index in [1.807, 2.05) is 4.90 Å². The zero-order valence-corrected chi connectivity index (χ0v) is 16.9. The molecule has 0 amide bonds. The molecule has 0 unspecified atom stereocenters. The van der Waals surface area contributed by atoms with Crippen LogP contribution < -0.4 is 4.90 Å². The lowest BCUT2D eigenvalue weighted by molar-refractivity contribution is 0.266. The number of rotatable bonds is 5. The van der Waals surface area contributed by atoms with Crippen molar-refractivity contribution >= 4 is 27.3 Å². The molecule has 3 aromatic rings. The van der Waals surface area contributed by atoms with Crippen molar-refractivity contribution in [1.82, 2.24) is 9.88 Å². The number of halogens is 1. The van der Waals surface area contributed by atoms with E-state index in [2.05, 4.69) is 16.8 Å². The molecule has 0 atom stereocenters. The van der Waals surface area contributed by atoms with Crippen molar-refractivity contribution in [2.24, 2.45) is 0 Å². The van der Waals surface area contributed by atoms with Crippen molar-refractivity contribution < 1.29 is 17.3 Å². The number of benzene rings is 1. The minimum absolute atomic E-state index is 0.105. The molecule has 0 radical (unpaired) electrons. The van der Waals surface area contributed by atoms with E-state index in [4.69, 9.17) is 20.4 Å². The molecular formula is C19H20ClN3O4S. The van der Waals surface area contributed by atoms with Crippen LogP contribution in [0.4, 0.5) is 5.88 Å². The van der Waals surface area contributed by atoms with Crippen molar-refractivity contribution in [3.8, 4) is 11.7 Å². The third kappa shape index (κ3) is 3.55. The van der Waals surface area contributed by atoms with E-state index in [0.717, 1.165) is 19.6 Å². The number of aromatic nitrogens is 1. The van der Waals surface area contributed by atoms with E-state index in [0.29, 0.717) is 23.9 Å². The van der Waals surface area contributed by atoms with Crippen molar-refractivity contribution in [2.45, 2.75) is 16.8 Å². The fourth-order valence-corrected chi connectivity index (χ4v) is 4.62. The molecule has 1 aliphatic heterocycles. The molecule has 1 aromatic carbocycles. The van der Waals surface area contributed by atoms with Gasteiger partial charge in [0, 0.05) is 31.2 Å². The molecule has 1 fully saturated rings. The smallest absolute Gasteiger partial charge is 0.266 e. The summed E-state index contributed by atoms with van der Waals surface area (Å²) in [5.74, 6) is 0.772. The first kappa shape index (κ1) is 19.0. The Kier molecular flexibility index (Phi) is 5.18. The zero-order valence-electron chi connectivity index (χ0n) is 15.3. The Morgan fingerprint density at radius 3 is 2.43 bits per heavy atom. The largest absolute Gasteiger partial charge is 0.459 e. The Balaban J connectivity index is 1.78. The van der Waals surface area contributed by atoms with Gasteiger partial charge < -0.3 is 18.6 Å². The lowest BCUT2D eigenvalue weighted by atomic mass is 10.3. The Hall–Kier alpha value is -2.29. The quantitative estimate of drug-likeness (QED) is 0.623. The zero-order chi connectivity index (χ0) is 19.7. The number of likely N-dealkylation sites (N-methyl/N-ethyl adjacent to an activating group) is 1. The first-order valence-corrected chi connectivity index (χ1v) is 10.9. The monoisotopic (exact) mass is 421 g/mol. The van der Waals surface area contributed by atoms with Crippen molar-refractivity contribution in [2.75, 3.05) is 37.6 Å². The van der Waals surface area contributed by atoms with E-state index >= 15 is 0 Å². The van der Waals surface area contributed by atoms with E-state index in [1.165, 1.54) is 18.4 Å². The second kappa shape index (κ2) is 7.62. The summed E-state index contributed by atoms with van der Waals surface area (Å²) in [5, 5.41) is 0.359. The van der Waals surface area contributed by atoms with Gasteiger partial charge in [-0.2, -0.15) is 4.98 Å². The van der Waals surface area contributed by atoms with Crippen LogP contribution >= 0.6 is 11.6 Å². The summed E-state index contributed by atoms with van der Waals surface area (Å²) in [4.78, 5) is 8.64. The maximum Gasteiger partial charge on any atom is 0.266 e. The van der Waals surface area contributed by atoms with Crippen LogP contribution in [0.5, 0.6) is 0 Å². The van der Waals surface area contributed by atoms with Crippen LogP contribution in [0.1, 0.15) is 6.92 Å². The van der Waals surface area contributed by atoms with Gasteiger partial charge in [-0.25, -0.2) is 8.42 Å². The van der Waals surface area contributed by atoms with Crippen molar-refractivity contribution in [3.63, 3.8) is 0 Å². The summed E-state index contributed by atoms with van der Waals surface area (Å²) >= 11 is 5.91. The van der Waals surface area contributed by atoms with Gasteiger partial charge >= 0.3 is 0 Å². The van der Waals surface area contributed by atoms with Gasteiger partial charge in [-0.05, 0) is 42.9 Å². The van der Waals surface area contributed by atoms with Gasteiger partial charge in [0.05, 0.1) is 11.2 Å². The van der Waals surface area contributed by atoms with Crippen molar-refractivity contribution in [3.05, 3.63) is 47.7 Å². The molecule has 7 nitrogen and oxygen atoms in total. The van der Waals surface area contributed by atoms with E-state index in [-0.39, 0.29) is 21.7 Å². The fourth-order valence-electron chi connectivity index (χ4n) is 3.17. The molecule has 2 aromatic heterocycles. The number of hydrogen-bond donors (Lipinski definition) is 0. The summed E-state index contributed by atoms with van der Waals surface area (Å²) in [6.45, 7) is 6.03. The molecule has 28 heavy (non-hydrogen) atoms. The first-order chi connectivity index (χ1) is 13.5. The number of anilines is 1. The molecule has 1 saturated heterocycles. The Morgan fingerprint density at radius 2 is 1.82 bits per heavy atom. The van der Waals surface area contributed by atoms with Crippen molar-refractivity contribution in [1.29, 1.82) is 0 Å². The van der Waals surface area contributed by atoms with Crippen LogP contribution in [0.3, 0.4) is 0 Å². The SMILES string of the molecule is CCN1CCN(c2oc(-c3ccco3)nc2S(=O)(=O)c2ccc(Cl)cc2)CC1. The van der Waals surface area contributed by atoms with Crippen LogP contribution in [-0.4, -0.2) is 51.0 Å². The fraction of sp³-hybridized carbons (Fsp3) is 0.316. The molecule has 0 spiro atoms. The molecule has 3 heterocycles. The van der Waals surface area contributed by atoms with Gasteiger partial charge in [0.2, 0.25) is 20.7 Å². The second-order valence-electron chi connectivity index (χ2n) is 6.49. The normalized spacial score (nSPS) is 15.9. The van der Waals surface area contributed by atoms with Crippen LogP contribution in [0.2, 0.25) is 5.02 Å². The van der Waals surface area contributed by atoms with Gasteiger partial charge in [-0.15, -0.1) is 0 Å². The molecule has 0 N–H and O–H groups in total. The first-order valence-electron chi connectivity index (χ1n) is 9.01. The highest BCUT2D eigenvalue weighted by Crippen LogP contribution is 2.35. The Morgan fingerprint density at radius 1 is 1.11 bits per heavy atom. The minimum atomic E-state index is -3.89. The molecule has 148 valence electrons. The Bertz CT molecular complexity index is 1040. The molecule has 0 aliphatic carbocycles. The topological polar surface area (TPSA) is 79.8 Å². The van der Waals surface area contributed by atoms with Gasteiger partial charge in [0.15, 0.2) is 5.76 Å². The van der Waals surface area contributed by atoms with E-state index in [1.54, 1.807) is 24.3 Å². The molecule has 0 bridgehead atoms. The van der Waals surface area contributed by atoms with Gasteiger partial charge in [0.25, 0.3) is 5.89 Å². The van der Waals surface area contributed by atoms with Crippen LogP contribution in [0.25, 0.3) is 11.7 Å². The summed E-state index contributed by atoms with van der Waals surface area (Å²) in [7, 11) is -3.89. The lowest BCUT2D eigenvalue weighted by Crippen LogP contribution is -2.46. The Labute approximate surface area is 168 Å². The number of sulfone groups is 1. The van der Waals surface area contributed by atoms with Crippen LogP contribution in [-0.2, 0) is 9.84 Å². The summed E-state index contributed by atoms with van der Waals surface area (Å²) in [6, 6.07) is 9.41. The molecule has 9 heteroatoms. The summed E-state index contributed by atoms with van der Waals surface area (Å²) < 4.78 is 37.8. The summed E-state index contributed by atoms with van der Waals surface area (Å²) in [5.41, 5.74) is 0. The highest BCUT2D eigenvalue weighted by atomic mass is 35.5. The molecule has 0 saturated carbocycles. The average molecular weight is 422 g/mol. The maximum absolute atomic E-state index is 13.3. The number of furan rings is 1. The third-order valence-electron chi connectivity index (χ3n) is 4.80. The predicted octanol–water partition coefficient (Wildman–Crippen LogP) is 3.56. The minimum Gasteiger partial charge on any atom is -0.459 e. The van der Waals surface area contributed by atoms with Gasteiger partial charge in [-0.1, -0.05) is 18.5 Å². The maximum atomic E-state index is 13.3. The average Bonchev–Trinajstić information content (AvgIpc) is 3.38. The number of nitrogens with zero attached hydrogens (tertiary/aromatic N) is 3. The highest BCUT2D eigenvalue weighted by molar-refractivity contribution is 7.91. The highest BCUT2D eigenvalue weighted by Gasteiger charge is 2.33. The number of oxazole rings is 1. The molecule has 4 rings (SSSR count). The van der Waals surface area contributed by atoms with Crippen LogP contribution in [0.15, 0.2) is 61.4 Å². The molecule has 1 aliphatic rings. The molecular weight excluding hydrogens is 402 g/mol. The van der Waals surface area contributed by atoms with Gasteiger partial charge in [0.1, 0.15) is 0 Å². The van der Waals surface area contributed by atoms with Crippen LogP contribution in [0, 0.1) is 0 Å². The lowest BCUT2D eigenvalue weighted by Gasteiger charge is -2.33. The third-order valence-corrected chi connectivity index (χ3v) is 6.72. The second-order valence-corrected chi connectivity index (χ2v) is 8.79. The predicted molar refractivity (Wildman–Crippen MR) is 105 cm³/mol. The summed E-state index contributed by atoms with van der Waals surface area (Å²) in [6.07, 6.45) is 1.49. The number of hydrogen-bond acceptors (Lipinski definition) is 7.